The Morgan fingerprint density at radius 1 is 1.54 bits per heavy atom. The Morgan fingerprint density at radius 3 is 3.00 bits per heavy atom. The van der Waals surface area contributed by atoms with Gasteiger partial charge in [-0.25, -0.2) is 0 Å². The lowest BCUT2D eigenvalue weighted by Gasteiger charge is -1.98. The van der Waals surface area contributed by atoms with E-state index in [9.17, 15) is 5.11 Å². The summed E-state index contributed by atoms with van der Waals surface area (Å²) in [5, 5.41) is 14.6. The molecule has 2 aromatic rings. The monoisotopic (exact) mass is 177 g/mol. The zero-order valence-corrected chi connectivity index (χ0v) is 7.36. The first-order valence-electron chi connectivity index (χ1n) is 4.07. The average molecular weight is 177 g/mol. The van der Waals surface area contributed by atoms with Crippen molar-refractivity contribution in [3.63, 3.8) is 0 Å². The van der Waals surface area contributed by atoms with Gasteiger partial charge >= 0.3 is 0 Å². The van der Waals surface area contributed by atoms with E-state index in [4.69, 9.17) is 5.73 Å². The SMILES string of the molecule is Cn1nc2cccc(O)c2c1CN. The number of rotatable bonds is 1. The quantitative estimate of drug-likeness (QED) is 0.675. The maximum Gasteiger partial charge on any atom is 0.126 e. The van der Waals surface area contributed by atoms with Gasteiger partial charge in [-0.05, 0) is 12.1 Å². The van der Waals surface area contributed by atoms with Crippen molar-refractivity contribution in [3.05, 3.63) is 23.9 Å². The van der Waals surface area contributed by atoms with Gasteiger partial charge in [-0.15, -0.1) is 0 Å². The van der Waals surface area contributed by atoms with Crippen LogP contribution < -0.4 is 5.73 Å². The van der Waals surface area contributed by atoms with Crippen molar-refractivity contribution < 1.29 is 5.11 Å². The van der Waals surface area contributed by atoms with Crippen LogP contribution in [0.1, 0.15) is 5.69 Å². The third kappa shape index (κ3) is 1.07. The number of nitrogens with zero attached hydrogens (tertiary/aromatic N) is 2. The molecule has 4 nitrogen and oxygen atoms in total. The molecule has 13 heavy (non-hydrogen) atoms. The number of benzene rings is 1. The molecule has 1 aromatic heterocycles. The normalized spacial score (nSPS) is 10.9. The van der Waals surface area contributed by atoms with Crippen LogP contribution >= 0.6 is 0 Å². The Hall–Kier alpha value is -1.55. The van der Waals surface area contributed by atoms with Crippen LogP contribution in [0.2, 0.25) is 0 Å². The van der Waals surface area contributed by atoms with Crippen LogP contribution in [0.3, 0.4) is 0 Å². The molecule has 0 bridgehead atoms. The lowest BCUT2D eigenvalue weighted by molar-refractivity contribution is 0.481. The molecule has 3 N–H and O–H groups in total. The first-order chi connectivity index (χ1) is 6.24. The first kappa shape index (κ1) is 8.07. The molecule has 0 radical (unpaired) electrons. The van der Waals surface area contributed by atoms with Gasteiger partial charge in [-0.2, -0.15) is 5.10 Å². The van der Waals surface area contributed by atoms with Gasteiger partial charge in [0.15, 0.2) is 0 Å². The van der Waals surface area contributed by atoms with Crippen molar-refractivity contribution in [1.29, 1.82) is 0 Å². The fourth-order valence-corrected chi connectivity index (χ4v) is 1.53. The molecule has 0 fully saturated rings. The first-order valence-corrected chi connectivity index (χ1v) is 4.07. The molecule has 1 aromatic carbocycles. The van der Waals surface area contributed by atoms with Crippen molar-refractivity contribution in [1.82, 2.24) is 9.78 Å². The number of hydrogen-bond donors (Lipinski definition) is 2. The van der Waals surface area contributed by atoms with Crippen LogP contribution in [0, 0.1) is 0 Å². The molecule has 1 heterocycles. The number of nitrogens with two attached hydrogens (primary N) is 1. The Kier molecular flexibility index (Phi) is 1.70. The van der Waals surface area contributed by atoms with Gasteiger partial charge in [-0.1, -0.05) is 6.07 Å². The van der Waals surface area contributed by atoms with E-state index in [0.717, 1.165) is 16.6 Å². The van der Waals surface area contributed by atoms with Crippen LogP contribution in [0.25, 0.3) is 10.9 Å². The summed E-state index contributed by atoms with van der Waals surface area (Å²) in [6, 6.07) is 5.27. The van der Waals surface area contributed by atoms with E-state index < -0.39 is 0 Å². The Labute approximate surface area is 75.6 Å². The van der Waals surface area contributed by atoms with Gasteiger partial charge in [0.1, 0.15) is 5.75 Å². The second kappa shape index (κ2) is 2.74. The Morgan fingerprint density at radius 2 is 2.31 bits per heavy atom. The fourth-order valence-electron chi connectivity index (χ4n) is 1.53. The van der Waals surface area contributed by atoms with Crippen LogP contribution in [0.4, 0.5) is 0 Å². The van der Waals surface area contributed by atoms with Gasteiger partial charge in [0.2, 0.25) is 0 Å². The predicted molar refractivity (Wildman–Crippen MR) is 50.3 cm³/mol. The second-order valence-corrected chi connectivity index (χ2v) is 2.95. The number of phenols is 1. The summed E-state index contributed by atoms with van der Waals surface area (Å²) < 4.78 is 1.70. The molecule has 4 heteroatoms. The lowest BCUT2D eigenvalue weighted by Crippen LogP contribution is -2.04. The molecule has 0 saturated heterocycles. The molecular formula is C9H11N3O. The maximum absolute atomic E-state index is 9.59. The number of hydrogen-bond acceptors (Lipinski definition) is 3. The predicted octanol–water partition coefficient (Wildman–Crippen LogP) is 0.738. The molecule has 0 aliphatic heterocycles. The molecule has 2 rings (SSSR count). The van der Waals surface area contributed by atoms with E-state index in [2.05, 4.69) is 5.10 Å². The molecule has 68 valence electrons. The highest BCUT2D eigenvalue weighted by Gasteiger charge is 2.10. The minimum atomic E-state index is 0.242. The Balaban J connectivity index is 2.88. The van der Waals surface area contributed by atoms with Crippen LogP contribution in [-0.2, 0) is 13.6 Å². The molecule has 0 aliphatic rings. The fraction of sp³-hybridized carbons (Fsp3) is 0.222. The number of aryl methyl sites for hydroxylation is 1. The highest BCUT2D eigenvalue weighted by atomic mass is 16.3. The van der Waals surface area contributed by atoms with Crippen LogP contribution in [0.5, 0.6) is 5.75 Å². The topological polar surface area (TPSA) is 64.1 Å². The number of fused-ring (bicyclic) bond motifs is 1. The van der Waals surface area contributed by atoms with Gasteiger partial charge in [0, 0.05) is 13.6 Å². The largest absolute Gasteiger partial charge is 0.507 e. The lowest BCUT2D eigenvalue weighted by atomic mass is 10.2. The molecule has 0 unspecified atom stereocenters. The molecular weight excluding hydrogens is 166 g/mol. The van der Waals surface area contributed by atoms with Crippen molar-refractivity contribution in [3.8, 4) is 5.75 Å². The molecule has 0 spiro atoms. The van der Waals surface area contributed by atoms with E-state index in [0.29, 0.717) is 6.54 Å². The second-order valence-electron chi connectivity index (χ2n) is 2.95. The van der Waals surface area contributed by atoms with Crippen molar-refractivity contribution in [2.75, 3.05) is 0 Å². The summed E-state index contributed by atoms with van der Waals surface area (Å²) in [4.78, 5) is 0. The van der Waals surface area contributed by atoms with E-state index in [1.165, 1.54) is 0 Å². The smallest absolute Gasteiger partial charge is 0.126 e. The minimum Gasteiger partial charge on any atom is -0.507 e. The highest BCUT2D eigenvalue weighted by Crippen LogP contribution is 2.26. The van der Waals surface area contributed by atoms with E-state index >= 15 is 0 Å². The summed E-state index contributed by atoms with van der Waals surface area (Å²) in [5.74, 6) is 0.242. The third-order valence-electron chi connectivity index (χ3n) is 2.15. The summed E-state index contributed by atoms with van der Waals surface area (Å²) in [6.45, 7) is 0.380. The summed E-state index contributed by atoms with van der Waals surface area (Å²) in [6.07, 6.45) is 0. The highest BCUT2D eigenvalue weighted by molar-refractivity contribution is 5.87. The third-order valence-corrected chi connectivity index (χ3v) is 2.15. The van der Waals surface area contributed by atoms with Crippen molar-refractivity contribution in [2.45, 2.75) is 6.54 Å². The van der Waals surface area contributed by atoms with Gasteiger partial charge in [0.25, 0.3) is 0 Å². The zero-order chi connectivity index (χ0) is 9.42. The zero-order valence-electron chi connectivity index (χ0n) is 7.36. The number of aromatic hydroxyl groups is 1. The summed E-state index contributed by atoms with van der Waals surface area (Å²) in [5.41, 5.74) is 7.19. The van der Waals surface area contributed by atoms with Crippen LogP contribution in [0.15, 0.2) is 18.2 Å². The molecule has 0 amide bonds. The molecule has 0 aliphatic carbocycles. The van der Waals surface area contributed by atoms with Gasteiger partial charge in [-0.3, -0.25) is 4.68 Å². The maximum atomic E-state index is 9.59. The van der Waals surface area contributed by atoms with Crippen molar-refractivity contribution in [2.24, 2.45) is 12.8 Å². The average Bonchev–Trinajstić information content (AvgIpc) is 2.42. The Bertz CT molecular complexity index is 447. The van der Waals surface area contributed by atoms with Gasteiger partial charge < -0.3 is 10.8 Å². The van der Waals surface area contributed by atoms with E-state index in [-0.39, 0.29) is 5.75 Å². The summed E-state index contributed by atoms with van der Waals surface area (Å²) in [7, 11) is 1.82. The van der Waals surface area contributed by atoms with Crippen LogP contribution in [-0.4, -0.2) is 14.9 Å². The van der Waals surface area contributed by atoms with Gasteiger partial charge in [0.05, 0.1) is 16.6 Å². The standard InChI is InChI=1S/C9H11N3O/c1-12-7(5-10)9-6(11-12)3-2-4-8(9)13/h2-4,13H,5,10H2,1H3. The van der Waals surface area contributed by atoms with Crippen molar-refractivity contribution >= 4 is 10.9 Å². The molecule has 0 atom stereocenters. The van der Waals surface area contributed by atoms with E-state index in [1.54, 1.807) is 16.8 Å². The number of phenolic OH excluding ortho intramolecular Hbond substituents is 1. The van der Waals surface area contributed by atoms with E-state index in [1.807, 2.05) is 13.1 Å². The minimum absolute atomic E-state index is 0.242. The number of aromatic nitrogens is 2. The molecule has 0 saturated carbocycles. The summed E-state index contributed by atoms with van der Waals surface area (Å²) >= 11 is 0.